The Morgan fingerprint density at radius 2 is 1.76 bits per heavy atom. The summed E-state index contributed by atoms with van der Waals surface area (Å²) in [7, 11) is 1.60. The lowest BCUT2D eigenvalue weighted by Crippen LogP contribution is -2.23. The number of amides is 1. The maximum absolute atomic E-state index is 13.4. The maximum Gasteiger partial charge on any atom is 0.220 e. The van der Waals surface area contributed by atoms with E-state index in [1.54, 1.807) is 36.1 Å². The van der Waals surface area contributed by atoms with Crippen molar-refractivity contribution in [1.82, 2.24) is 15.1 Å². The number of hydrogen-bond donors (Lipinski definition) is 1. The van der Waals surface area contributed by atoms with E-state index >= 15 is 0 Å². The monoisotopic (exact) mass is 447 g/mol. The van der Waals surface area contributed by atoms with Gasteiger partial charge in [-0.15, -0.1) is 0 Å². The molecular weight excluding hydrogens is 424 g/mol. The van der Waals surface area contributed by atoms with Crippen molar-refractivity contribution < 1.29 is 18.3 Å². The number of carbonyl (C=O) groups is 1. The summed E-state index contributed by atoms with van der Waals surface area (Å²) >= 11 is 0. The minimum atomic E-state index is -0.335. The topological polar surface area (TPSA) is 56.1 Å². The molecule has 5 nitrogen and oxygen atoms in total. The van der Waals surface area contributed by atoms with Crippen LogP contribution in [0.4, 0.5) is 8.78 Å². The Balaban J connectivity index is 1.52. The van der Waals surface area contributed by atoms with Gasteiger partial charge in [-0.2, -0.15) is 5.10 Å². The lowest BCUT2D eigenvalue weighted by atomic mass is 10.1. The second kappa shape index (κ2) is 10.1. The third-order valence-electron chi connectivity index (χ3n) is 5.18. The minimum absolute atomic E-state index is 0.154. The number of benzene rings is 3. The predicted molar refractivity (Wildman–Crippen MR) is 122 cm³/mol. The Morgan fingerprint density at radius 1 is 0.970 bits per heavy atom. The molecule has 7 heteroatoms. The van der Waals surface area contributed by atoms with Crippen molar-refractivity contribution in [2.75, 3.05) is 7.11 Å². The first-order valence-electron chi connectivity index (χ1n) is 10.5. The fraction of sp³-hybridized carbons (Fsp3) is 0.154. The Hall–Kier alpha value is -4.00. The highest BCUT2D eigenvalue weighted by Crippen LogP contribution is 2.27. The molecule has 168 valence electrons. The summed E-state index contributed by atoms with van der Waals surface area (Å²) in [6, 6.07) is 21.7. The highest BCUT2D eigenvalue weighted by molar-refractivity contribution is 5.76. The first kappa shape index (κ1) is 22.2. The highest BCUT2D eigenvalue weighted by atomic mass is 19.1. The van der Waals surface area contributed by atoms with Crippen LogP contribution in [0, 0.1) is 11.6 Å². The van der Waals surface area contributed by atoms with Crippen LogP contribution in [0.1, 0.15) is 17.7 Å². The summed E-state index contributed by atoms with van der Waals surface area (Å²) in [6.45, 7) is 0.260. The van der Waals surface area contributed by atoms with Gasteiger partial charge < -0.3 is 10.1 Å². The largest absolute Gasteiger partial charge is 0.497 e. The number of rotatable bonds is 8. The smallest absolute Gasteiger partial charge is 0.220 e. The van der Waals surface area contributed by atoms with Gasteiger partial charge in [-0.05, 0) is 60.2 Å². The van der Waals surface area contributed by atoms with Crippen LogP contribution in [-0.4, -0.2) is 22.8 Å². The summed E-state index contributed by atoms with van der Waals surface area (Å²) in [4.78, 5) is 12.3. The lowest BCUT2D eigenvalue weighted by molar-refractivity contribution is -0.121. The molecule has 4 aromatic rings. The quantitative estimate of drug-likeness (QED) is 0.410. The normalized spacial score (nSPS) is 10.8. The summed E-state index contributed by atoms with van der Waals surface area (Å²) in [5.74, 6) is -0.113. The van der Waals surface area contributed by atoms with Crippen LogP contribution in [0.2, 0.25) is 0 Å². The molecule has 3 aromatic carbocycles. The van der Waals surface area contributed by atoms with Crippen LogP contribution in [-0.2, 0) is 17.8 Å². The van der Waals surface area contributed by atoms with Gasteiger partial charge in [0.05, 0.1) is 24.2 Å². The highest BCUT2D eigenvalue weighted by Gasteiger charge is 2.14. The van der Waals surface area contributed by atoms with Crippen molar-refractivity contribution in [2.24, 2.45) is 0 Å². The first-order valence-corrected chi connectivity index (χ1v) is 10.5. The number of hydrogen-bond acceptors (Lipinski definition) is 3. The number of carbonyl (C=O) groups excluding carboxylic acids is 1. The summed E-state index contributed by atoms with van der Waals surface area (Å²) in [5.41, 5.74) is 3.81. The molecule has 0 spiro atoms. The molecule has 4 rings (SSSR count). The molecule has 1 heterocycles. The zero-order valence-corrected chi connectivity index (χ0v) is 18.1. The van der Waals surface area contributed by atoms with Gasteiger partial charge in [-0.3, -0.25) is 4.79 Å². The number of aromatic nitrogens is 2. The van der Waals surface area contributed by atoms with Crippen molar-refractivity contribution in [2.45, 2.75) is 19.4 Å². The van der Waals surface area contributed by atoms with E-state index in [2.05, 4.69) is 10.4 Å². The average molecular weight is 447 g/mol. The van der Waals surface area contributed by atoms with Gasteiger partial charge in [0.2, 0.25) is 5.91 Å². The van der Waals surface area contributed by atoms with Crippen molar-refractivity contribution in [3.63, 3.8) is 0 Å². The number of nitrogens with one attached hydrogen (secondary N) is 1. The molecule has 1 aromatic heterocycles. The van der Waals surface area contributed by atoms with Crippen molar-refractivity contribution in [3.05, 3.63) is 102 Å². The van der Waals surface area contributed by atoms with Crippen molar-refractivity contribution in [1.29, 1.82) is 0 Å². The number of ether oxygens (including phenoxy) is 1. The molecule has 0 aliphatic rings. The van der Waals surface area contributed by atoms with Crippen LogP contribution in [0.15, 0.2) is 78.9 Å². The van der Waals surface area contributed by atoms with E-state index in [0.717, 1.165) is 17.0 Å². The molecule has 33 heavy (non-hydrogen) atoms. The Labute approximate surface area is 190 Å². The molecule has 0 saturated carbocycles. The third-order valence-corrected chi connectivity index (χ3v) is 5.18. The minimum Gasteiger partial charge on any atom is -0.497 e. The van der Waals surface area contributed by atoms with Gasteiger partial charge in [-0.1, -0.05) is 24.3 Å². The molecule has 0 fully saturated rings. The van der Waals surface area contributed by atoms with E-state index in [-0.39, 0.29) is 30.5 Å². The molecule has 0 atom stereocenters. The third kappa shape index (κ3) is 5.63. The molecule has 0 unspecified atom stereocenters. The maximum atomic E-state index is 13.4. The van der Waals surface area contributed by atoms with E-state index in [9.17, 15) is 13.6 Å². The van der Waals surface area contributed by atoms with Crippen LogP contribution >= 0.6 is 0 Å². The Kier molecular flexibility index (Phi) is 6.78. The standard InChI is InChI=1S/C26H23F2N3O2/c1-33-24-7-3-5-19(15-24)25-16-22(30-31(25)23-11-8-20(27)9-12-23)10-13-26(32)29-17-18-4-2-6-21(28)14-18/h2-9,11-12,14-16H,10,13,17H2,1H3,(H,29,32). The van der Waals surface area contributed by atoms with Crippen LogP contribution in [0.3, 0.4) is 0 Å². The molecule has 0 radical (unpaired) electrons. The second-order valence-corrected chi connectivity index (χ2v) is 7.55. The molecular formula is C26H23F2N3O2. The van der Waals surface area contributed by atoms with Gasteiger partial charge in [0.15, 0.2) is 0 Å². The predicted octanol–water partition coefficient (Wildman–Crippen LogP) is 5.08. The lowest BCUT2D eigenvalue weighted by Gasteiger charge is -2.09. The summed E-state index contributed by atoms with van der Waals surface area (Å²) < 4.78 is 33.8. The Morgan fingerprint density at radius 3 is 2.52 bits per heavy atom. The molecule has 0 saturated heterocycles. The number of nitrogens with zero attached hydrogens (tertiary/aromatic N) is 2. The van der Waals surface area contributed by atoms with E-state index in [4.69, 9.17) is 4.74 Å². The van der Waals surface area contributed by atoms with E-state index in [1.165, 1.54) is 24.3 Å². The van der Waals surface area contributed by atoms with E-state index in [0.29, 0.717) is 23.4 Å². The van der Waals surface area contributed by atoms with Gasteiger partial charge in [-0.25, -0.2) is 13.5 Å². The van der Waals surface area contributed by atoms with E-state index in [1.807, 2.05) is 30.3 Å². The fourth-order valence-corrected chi connectivity index (χ4v) is 3.50. The zero-order valence-electron chi connectivity index (χ0n) is 18.1. The second-order valence-electron chi connectivity index (χ2n) is 7.55. The molecule has 0 aliphatic carbocycles. The Bertz CT molecular complexity index is 1250. The summed E-state index contributed by atoms with van der Waals surface area (Å²) in [6.07, 6.45) is 0.646. The molecule has 0 bridgehead atoms. The molecule has 1 N–H and O–H groups in total. The van der Waals surface area contributed by atoms with Gasteiger partial charge in [0.1, 0.15) is 17.4 Å². The number of aryl methyl sites for hydroxylation is 1. The molecule has 0 aliphatic heterocycles. The van der Waals surface area contributed by atoms with Gasteiger partial charge >= 0.3 is 0 Å². The van der Waals surface area contributed by atoms with Crippen molar-refractivity contribution >= 4 is 5.91 Å². The average Bonchev–Trinajstić information content (AvgIpc) is 3.26. The van der Waals surface area contributed by atoms with Gasteiger partial charge in [0, 0.05) is 24.9 Å². The van der Waals surface area contributed by atoms with Crippen molar-refractivity contribution in [3.8, 4) is 22.7 Å². The van der Waals surface area contributed by atoms with Crippen LogP contribution in [0.5, 0.6) is 5.75 Å². The molecule has 1 amide bonds. The SMILES string of the molecule is COc1cccc(-c2cc(CCC(=O)NCc3cccc(F)c3)nn2-c2ccc(F)cc2)c1. The number of halogens is 2. The van der Waals surface area contributed by atoms with E-state index < -0.39 is 0 Å². The zero-order chi connectivity index (χ0) is 23.2. The summed E-state index contributed by atoms with van der Waals surface area (Å²) in [5, 5.41) is 7.47. The number of methoxy groups -OCH3 is 1. The van der Waals surface area contributed by atoms with Crippen LogP contribution < -0.4 is 10.1 Å². The first-order chi connectivity index (χ1) is 16.0. The van der Waals surface area contributed by atoms with Crippen LogP contribution in [0.25, 0.3) is 16.9 Å². The fourth-order valence-electron chi connectivity index (χ4n) is 3.50. The van der Waals surface area contributed by atoms with Gasteiger partial charge in [0.25, 0.3) is 0 Å².